The number of carbonyl (C=O) groups excluding carboxylic acids is 1. The smallest absolute Gasteiger partial charge is 0.209 e. The number of Topliss-reactive ketones (excluding diaryl/α,β-unsaturated/α-hetero) is 1. The number of nitrogens with zero attached hydrogens (tertiary/aromatic N) is 2. The first kappa shape index (κ1) is 20.4. The van der Waals surface area contributed by atoms with Gasteiger partial charge in [-0.25, -0.2) is 4.98 Å². The lowest BCUT2D eigenvalue weighted by Gasteiger charge is -2.39. The van der Waals surface area contributed by atoms with Crippen molar-refractivity contribution in [2.75, 3.05) is 26.6 Å². The lowest BCUT2D eigenvalue weighted by atomic mass is 9.73. The van der Waals surface area contributed by atoms with Gasteiger partial charge in [-0.1, -0.05) is 26.0 Å². The van der Waals surface area contributed by atoms with E-state index in [2.05, 4.69) is 23.7 Å². The van der Waals surface area contributed by atoms with E-state index in [-0.39, 0.29) is 17.2 Å². The maximum Gasteiger partial charge on any atom is 0.209 e. The summed E-state index contributed by atoms with van der Waals surface area (Å²) in [5, 5.41) is 3.48. The third-order valence-corrected chi connectivity index (χ3v) is 6.31. The highest BCUT2D eigenvalue weighted by molar-refractivity contribution is 6.01. The number of imidazole rings is 1. The third-order valence-electron chi connectivity index (χ3n) is 6.31. The SMILES string of the molecule is COc1cc([C@@H]2C3=C(CC(C)(C)CC3=O)Nc3nc4ccccc4n32)cc(OC)c1OC. The molecule has 0 unspecified atom stereocenters. The first-order valence-electron chi connectivity index (χ1n) is 10.7. The van der Waals surface area contributed by atoms with Crippen LogP contribution in [0.3, 0.4) is 0 Å². The van der Waals surface area contributed by atoms with Crippen molar-refractivity contribution in [2.45, 2.75) is 32.7 Å². The predicted molar refractivity (Wildman–Crippen MR) is 123 cm³/mol. The standard InChI is InChI=1S/C25H27N3O4/c1-25(2)12-16-21(18(29)13-25)22(14-10-19(30-3)23(32-5)20(11-14)31-4)28-17-9-7-6-8-15(17)26-24(28)27-16/h6-11,22H,12-13H2,1-5H3,(H,26,27)/t22-/m1/s1. The number of aromatic nitrogens is 2. The number of rotatable bonds is 4. The summed E-state index contributed by atoms with van der Waals surface area (Å²) in [5.74, 6) is 2.50. The van der Waals surface area contributed by atoms with Crippen LogP contribution >= 0.6 is 0 Å². The normalized spacial score (nSPS) is 19.3. The molecule has 32 heavy (non-hydrogen) atoms. The van der Waals surface area contributed by atoms with Gasteiger partial charge in [-0.05, 0) is 41.7 Å². The number of fused-ring (bicyclic) bond motifs is 3. The number of para-hydroxylation sites is 2. The van der Waals surface area contributed by atoms with Crippen LogP contribution in [0, 0.1) is 5.41 Å². The Morgan fingerprint density at radius 1 is 1.03 bits per heavy atom. The summed E-state index contributed by atoms with van der Waals surface area (Å²) in [5.41, 5.74) is 4.31. The van der Waals surface area contributed by atoms with Crippen molar-refractivity contribution < 1.29 is 19.0 Å². The van der Waals surface area contributed by atoms with Gasteiger partial charge in [-0.3, -0.25) is 9.36 Å². The van der Waals surface area contributed by atoms with Gasteiger partial charge in [0.2, 0.25) is 11.7 Å². The number of ether oxygens (including phenoxy) is 3. The Balaban J connectivity index is 1.81. The van der Waals surface area contributed by atoms with Gasteiger partial charge in [0.05, 0.1) is 38.4 Å². The molecule has 1 aliphatic carbocycles. The molecule has 0 radical (unpaired) electrons. The van der Waals surface area contributed by atoms with Crippen molar-refractivity contribution >= 4 is 22.8 Å². The van der Waals surface area contributed by atoms with E-state index in [4.69, 9.17) is 19.2 Å². The maximum absolute atomic E-state index is 13.5. The molecular formula is C25H27N3O4. The molecule has 2 aromatic carbocycles. The van der Waals surface area contributed by atoms with E-state index in [0.717, 1.165) is 40.2 Å². The van der Waals surface area contributed by atoms with E-state index in [1.165, 1.54) is 0 Å². The minimum Gasteiger partial charge on any atom is -0.493 e. The molecule has 3 aromatic rings. The number of allylic oxidation sites excluding steroid dienone is 2. The van der Waals surface area contributed by atoms with Crippen molar-refractivity contribution in [2.24, 2.45) is 5.41 Å². The molecule has 7 heteroatoms. The van der Waals surface area contributed by atoms with Gasteiger partial charge in [0, 0.05) is 17.7 Å². The minimum absolute atomic E-state index is 0.114. The van der Waals surface area contributed by atoms with E-state index in [0.29, 0.717) is 23.7 Å². The topological polar surface area (TPSA) is 74.6 Å². The van der Waals surface area contributed by atoms with Gasteiger partial charge in [0.15, 0.2) is 17.3 Å². The summed E-state index contributed by atoms with van der Waals surface area (Å²) in [7, 11) is 4.78. The van der Waals surface area contributed by atoms with E-state index in [1.54, 1.807) is 21.3 Å². The lowest BCUT2D eigenvalue weighted by Crippen LogP contribution is -2.36. The van der Waals surface area contributed by atoms with Crippen LogP contribution in [0.15, 0.2) is 47.7 Å². The van der Waals surface area contributed by atoms with Gasteiger partial charge in [-0.15, -0.1) is 0 Å². The number of anilines is 1. The highest BCUT2D eigenvalue weighted by Gasteiger charge is 2.42. The zero-order valence-electron chi connectivity index (χ0n) is 19.0. The van der Waals surface area contributed by atoms with Crippen LogP contribution in [0.1, 0.15) is 38.3 Å². The van der Waals surface area contributed by atoms with Gasteiger partial charge >= 0.3 is 0 Å². The molecule has 1 atom stereocenters. The second-order valence-electron chi connectivity index (χ2n) is 9.11. The van der Waals surface area contributed by atoms with Crippen LogP contribution in [0.5, 0.6) is 17.2 Å². The predicted octanol–water partition coefficient (Wildman–Crippen LogP) is 4.72. The zero-order valence-corrected chi connectivity index (χ0v) is 19.0. The van der Waals surface area contributed by atoms with Crippen molar-refractivity contribution in [3.8, 4) is 17.2 Å². The monoisotopic (exact) mass is 433 g/mol. The molecule has 0 saturated carbocycles. The Hall–Kier alpha value is -3.48. The van der Waals surface area contributed by atoms with Crippen LogP contribution < -0.4 is 19.5 Å². The highest BCUT2D eigenvalue weighted by Crippen LogP contribution is 2.49. The lowest BCUT2D eigenvalue weighted by molar-refractivity contribution is -0.118. The molecule has 2 aliphatic rings. The Kier molecular flexibility index (Phi) is 4.65. The van der Waals surface area contributed by atoms with E-state index < -0.39 is 0 Å². The van der Waals surface area contributed by atoms with Gasteiger partial charge < -0.3 is 19.5 Å². The minimum atomic E-state index is -0.356. The van der Waals surface area contributed by atoms with Crippen LogP contribution in [0.4, 0.5) is 5.95 Å². The maximum atomic E-state index is 13.5. The average molecular weight is 434 g/mol. The van der Waals surface area contributed by atoms with Crippen molar-refractivity contribution in [3.05, 3.63) is 53.2 Å². The fraction of sp³-hybridized carbons (Fsp3) is 0.360. The molecule has 1 aromatic heterocycles. The van der Waals surface area contributed by atoms with Gasteiger partial charge in [0.25, 0.3) is 0 Å². The molecule has 0 amide bonds. The zero-order chi connectivity index (χ0) is 22.6. The second-order valence-corrected chi connectivity index (χ2v) is 9.11. The largest absolute Gasteiger partial charge is 0.493 e. The molecule has 0 fully saturated rings. The first-order valence-corrected chi connectivity index (χ1v) is 10.7. The Morgan fingerprint density at radius 2 is 1.72 bits per heavy atom. The summed E-state index contributed by atoms with van der Waals surface area (Å²) >= 11 is 0. The molecule has 0 bridgehead atoms. The molecule has 1 aliphatic heterocycles. The molecule has 0 saturated heterocycles. The molecule has 166 valence electrons. The molecule has 5 rings (SSSR count). The number of hydrogen-bond donors (Lipinski definition) is 1. The van der Waals surface area contributed by atoms with Crippen LogP contribution in [0.2, 0.25) is 0 Å². The number of ketones is 1. The summed E-state index contributed by atoms with van der Waals surface area (Å²) in [4.78, 5) is 18.3. The van der Waals surface area contributed by atoms with E-state index in [9.17, 15) is 4.79 Å². The molecule has 0 spiro atoms. The molecule has 1 N–H and O–H groups in total. The van der Waals surface area contributed by atoms with Crippen molar-refractivity contribution in [1.29, 1.82) is 0 Å². The number of nitrogens with one attached hydrogen (secondary N) is 1. The molecule has 7 nitrogen and oxygen atoms in total. The van der Waals surface area contributed by atoms with Gasteiger partial charge in [0.1, 0.15) is 0 Å². The van der Waals surface area contributed by atoms with Crippen molar-refractivity contribution in [1.82, 2.24) is 9.55 Å². The Bertz CT molecular complexity index is 1250. The first-order chi connectivity index (χ1) is 15.4. The van der Waals surface area contributed by atoms with Crippen LogP contribution in [0.25, 0.3) is 11.0 Å². The summed E-state index contributed by atoms with van der Waals surface area (Å²) in [6.45, 7) is 4.25. The quantitative estimate of drug-likeness (QED) is 0.642. The molecular weight excluding hydrogens is 406 g/mol. The summed E-state index contributed by atoms with van der Waals surface area (Å²) < 4.78 is 18.9. The summed E-state index contributed by atoms with van der Waals surface area (Å²) in [6, 6.07) is 11.5. The fourth-order valence-electron chi connectivity index (χ4n) is 5.00. The number of carbonyl (C=O) groups is 1. The van der Waals surface area contributed by atoms with Crippen LogP contribution in [-0.4, -0.2) is 36.7 Å². The molecule has 2 heterocycles. The number of benzene rings is 2. The van der Waals surface area contributed by atoms with E-state index in [1.807, 2.05) is 36.4 Å². The van der Waals surface area contributed by atoms with Crippen LogP contribution in [-0.2, 0) is 4.79 Å². The van der Waals surface area contributed by atoms with Crippen molar-refractivity contribution in [3.63, 3.8) is 0 Å². The second kappa shape index (κ2) is 7.29. The van der Waals surface area contributed by atoms with Gasteiger partial charge in [-0.2, -0.15) is 0 Å². The Morgan fingerprint density at radius 3 is 2.38 bits per heavy atom. The third kappa shape index (κ3) is 3.03. The Labute approximate surface area is 187 Å². The highest BCUT2D eigenvalue weighted by atomic mass is 16.5. The van der Waals surface area contributed by atoms with E-state index >= 15 is 0 Å². The number of hydrogen-bond acceptors (Lipinski definition) is 6. The fourth-order valence-corrected chi connectivity index (χ4v) is 5.00. The summed E-state index contributed by atoms with van der Waals surface area (Å²) in [6.07, 6.45) is 1.27. The number of methoxy groups -OCH3 is 3. The average Bonchev–Trinajstić information content (AvgIpc) is 3.13.